The molecule has 0 amide bonds. The second-order valence-corrected chi connectivity index (χ2v) is 6.96. The van der Waals surface area contributed by atoms with Gasteiger partial charge in [0.1, 0.15) is 17.5 Å². The number of rotatable bonds is 5. The van der Waals surface area contributed by atoms with Crippen LogP contribution in [0.3, 0.4) is 0 Å². The topological polar surface area (TPSA) is 92.8 Å². The molecule has 0 aromatic heterocycles. The van der Waals surface area contributed by atoms with E-state index in [2.05, 4.69) is 45.2 Å². The predicted octanol–water partition coefficient (Wildman–Crippen LogP) is 3.35. The van der Waals surface area contributed by atoms with Gasteiger partial charge in [0.15, 0.2) is 5.75 Å². The van der Waals surface area contributed by atoms with Gasteiger partial charge in [0.25, 0.3) is 0 Å². The molecule has 1 atom stereocenters. The zero-order chi connectivity index (χ0) is 16.3. The average Bonchev–Trinajstić information content (AvgIpc) is 2.44. The molecule has 0 saturated carbocycles. The van der Waals surface area contributed by atoms with Crippen LogP contribution in [0.1, 0.15) is 5.56 Å². The van der Waals surface area contributed by atoms with Gasteiger partial charge < -0.3 is 20.7 Å². The molecule has 0 aliphatic heterocycles. The fourth-order valence-corrected chi connectivity index (χ4v) is 3.92. The summed E-state index contributed by atoms with van der Waals surface area (Å²) in [6.07, 6.45) is 0.265. The fourth-order valence-electron chi connectivity index (χ4n) is 1.80. The van der Waals surface area contributed by atoms with Crippen LogP contribution in [0.5, 0.6) is 17.2 Å². The number of halogens is 2. The molecule has 22 heavy (non-hydrogen) atoms. The first-order valence-corrected chi connectivity index (χ1v) is 8.45. The third kappa shape index (κ3) is 4.46. The molecule has 0 saturated heterocycles. The van der Waals surface area contributed by atoms with Crippen molar-refractivity contribution in [2.24, 2.45) is 5.73 Å². The minimum Gasteiger partial charge on any atom is -0.508 e. The van der Waals surface area contributed by atoms with Crippen molar-refractivity contribution < 1.29 is 19.7 Å². The van der Waals surface area contributed by atoms with E-state index in [0.717, 1.165) is 12.7 Å². The summed E-state index contributed by atoms with van der Waals surface area (Å²) >= 11 is 4.28. The molecule has 7 heteroatoms. The van der Waals surface area contributed by atoms with Crippen LogP contribution >= 0.6 is 45.2 Å². The van der Waals surface area contributed by atoms with Crippen LogP contribution < -0.4 is 10.5 Å². The predicted molar refractivity (Wildman–Crippen MR) is 99.4 cm³/mol. The van der Waals surface area contributed by atoms with E-state index in [9.17, 15) is 9.90 Å². The van der Waals surface area contributed by atoms with Gasteiger partial charge in [-0.3, -0.25) is 4.79 Å². The van der Waals surface area contributed by atoms with Crippen molar-refractivity contribution in [3.05, 3.63) is 49.1 Å². The Kier molecular flexibility index (Phi) is 5.87. The van der Waals surface area contributed by atoms with Crippen molar-refractivity contribution in [3.8, 4) is 17.2 Å². The molecule has 0 spiro atoms. The highest BCUT2D eigenvalue weighted by molar-refractivity contribution is 14.1. The van der Waals surface area contributed by atoms with Gasteiger partial charge in [0.2, 0.25) is 0 Å². The number of phenols is 1. The summed E-state index contributed by atoms with van der Waals surface area (Å²) in [6, 6.07) is 9.26. The zero-order valence-electron chi connectivity index (χ0n) is 11.3. The van der Waals surface area contributed by atoms with Gasteiger partial charge in [0.05, 0.1) is 7.14 Å². The van der Waals surface area contributed by atoms with E-state index in [1.54, 1.807) is 24.3 Å². The van der Waals surface area contributed by atoms with E-state index in [4.69, 9.17) is 15.6 Å². The van der Waals surface area contributed by atoms with Gasteiger partial charge >= 0.3 is 5.97 Å². The first-order chi connectivity index (χ1) is 10.4. The molecule has 0 aliphatic rings. The summed E-state index contributed by atoms with van der Waals surface area (Å²) in [6.45, 7) is 0. The molecular formula is C15H13I2NO4. The number of carbonyl (C=O) groups is 1. The van der Waals surface area contributed by atoms with Crippen LogP contribution in [0.2, 0.25) is 0 Å². The summed E-state index contributed by atoms with van der Waals surface area (Å²) in [5.41, 5.74) is 6.41. The first-order valence-electron chi connectivity index (χ1n) is 6.30. The molecule has 0 heterocycles. The van der Waals surface area contributed by atoms with E-state index < -0.39 is 12.0 Å². The lowest BCUT2D eigenvalue weighted by molar-refractivity contribution is -0.138. The van der Waals surface area contributed by atoms with E-state index in [-0.39, 0.29) is 12.2 Å². The standard InChI is InChI=1S/C15H13I2NO4/c16-11-5-8(7-13(18)15(20)21)6-12(17)14(11)22-10-3-1-9(19)2-4-10/h1-6,13,19H,7,18H2,(H,20,21)/t13-/m0/s1/i5+1,6+1,7+1,8+1,11+1,12+1,13+1,14+1,15+1,18+1. The van der Waals surface area contributed by atoms with Crippen LogP contribution in [0.15, 0.2) is 36.4 Å². The molecular weight excluding hydrogens is 522 g/mol. The van der Waals surface area contributed by atoms with Crippen molar-refractivity contribution in [1.29, 1.82) is 0 Å². The Morgan fingerprint density at radius 3 is 2.23 bits per heavy atom. The Bertz CT molecular complexity index is 665. The highest BCUT2D eigenvalue weighted by Crippen LogP contribution is 2.33. The second-order valence-electron chi connectivity index (χ2n) is 4.63. The van der Waals surface area contributed by atoms with Crippen LogP contribution in [-0.2, 0) is 11.2 Å². The van der Waals surface area contributed by atoms with Gasteiger partial charge in [-0.2, -0.15) is 0 Å². The largest absolute Gasteiger partial charge is 0.508 e. The highest BCUT2D eigenvalue weighted by Gasteiger charge is 2.15. The van der Waals surface area contributed by atoms with Gasteiger partial charge in [-0.1, -0.05) is 0 Å². The van der Waals surface area contributed by atoms with Gasteiger partial charge in [0, 0.05) is 0 Å². The Morgan fingerprint density at radius 1 is 1.18 bits per heavy atom. The third-order valence-corrected chi connectivity index (χ3v) is 4.49. The number of hydrogen-bond acceptors (Lipinski definition) is 4. The molecule has 0 aliphatic carbocycles. The fraction of sp³-hybridized carbons (Fsp3) is 0.133. The summed E-state index contributed by atoms with van der Waals surface area (Å²) in [5.74, 6) is 0.465. The monoisotopic (exact) mass is 535 g/mol. The SMILES string of the molecule is [15NH2][13C@@H]([13CH2][13c]1[13cH][13c](I)[13c](Oc2ccc(O)cc2)[13c](I)[13cH]1)[13C](=O)O. The minimum absolute atomic E-state index is 0.176. The summed E-state index contributed by atoms with van der Waals surface area (Å²) in [5, 5.41) is 18.2. The average molecular weight is 535 g/mol. The zero-order valence-corrected chi connectivity index (χ0v) is 15.6. The number of benzene rings is 2. The summed E-state index contributed by atoms with van der Waals surface area (Å²) < 4.78 is 7.56. The maximum absolute atomic E-state index is 10.8. The van der Waals surface area contributed by atoms with Crippen LogP contribution in [0.4, 0.5) is 0 Å². The normalized spacial score (nSPS) is 12.0. The molecule has 0 radical (unpaired) electrons. The summed E-state index contributed by atoms with van der Waals surface area (Å²) in [7, 11) is 0. The van der Waals surface area contributed by atoms with Gasteiger partial charge in [-0.15, -0.1) is 0 Å². The number of carboxylic acid groups (broad SMARTS) is 1. The molecule has 0 bridgehead atoms. The molecule has 0 fully saturated rings. The number of aliphatic carboxylic acids is 1. The number of phenolic OH excluding ortho intramolecular Hbond substituents is 1. The van der Waals surface area contributed by atoms with Crippen LogP contribution in [0, 0.1) is 7.14 Å². The van der Waals surface area contributed by atoms with E-state index in [1.165, 1.54) is 0 Å². The number of nitrogens with two attached hydrogens (primary N) is 1. The van der Waals surface area contributed by atoms with Crippen molar-refractivity contribution in [1.82, 2.24) is 0 Å². The number of hydrogen-bond donors (Lipinski definition) is 3. The van der Waals surface area contributed by atoms with Crippen molar-refractivity contribution in [2.45, 2.75) is 12.5 Å². The summed E-state index contributed by atoms with van der Waals surface area (Å²) in [4.78, 5) is 10.8. The second kappa shape index (κ2) is 7.47. The molecule has 2 aromatic carbocycles. The van der Waals surface area contributed by atoms with Crippen molar-refractivity contribution >= 4 is 51.2 Å². The number of aromatic hydroxyl groups is 1. The third-order valence-electron chi connectivity index (χ3n) is 2.89. The Balaban J connectivity index is 2.23. The lowest BCUT2D eigenvalue weighted by Crippen LogP contribution is -2.32. The molecule has 5 nitrogen and oxygen atoms in total. The first kappa shape index (κ1) is 17.3. The Morgan fingerprint density at radius 2 is 1.73 bits per heavy atom. The molecule has 0 unspecified atom stereocenters. The van der Waals surface area contributed by atoms with Gasteiger partial charge in [-0.25, -0.2) is 0 Å². The van der Waals surface area contributed by atoms with Crippen LogP contribution in [0.25, 0.3) is 0 Å². The number of carboxylic acids is 1. The molecule has 2 aromatic rings. The molecule has 4 N–H and O–H groups in total. The van der Waals surface area contributed by atoms with Crippen molar-refractivity contribution in [2.75, 3.05) is 0 Å². The Hall–Kier alpha value is -1.07. The highest BCUT2D eigenvalue weighted by atomic mass is 127. The van der Waals surface area contributed by atoms with Crippen LogP contribution in [-0.4, -0.2) is 22.2 Å². The lowest BCUT2D eigenvalue weighted by Gasteiger charge is -2.13. The number of ether oxygens (including phenoxy) is 1. The maximum Gasteiger partial charge on any atom is 0.320 e. The lowest BCUT2D eigenvalue weighted by atomic mass is 10.3. The maximum atomic E-state index is 10.8. The van der Waals surface area contributed by atoms with Crippen molar-refractivity contribution in [3.63, 3.8) is 0 Å². The molecule has 116 valence electrons. The Labute approximate surface area is 154 Å². The molecule has 2 rings (SSSR count). The minimum atomic E-state index is -1.02. The van der Waals surface area contributed by atoms with Gasteiger partial charge in [-0.05, 0) is 93.6 Å². The quantitative estimate of drug-likeness (QED) is 0.311. The van der Waals surface area contributed by atoms with E-state index in [1.807, 2.05) is 12.1 Å². The van der Waals surface area contributed by atoms with E-state index in [0.29, 0.717) is 11.5 Å². The van der Waals surface area contributed by atoms with E-state index >= 15 is 0 Å². The smallest absolute Gasteiger partial charge is 0.320 e.